The molecule has 0 fully saturated rings. The monoisotopic (exact) mass is 273 g/mol. The minimum Gasteiger partial charge on any atom is -0.310 e. The van der Waals surface area contributed by atoms with Crippen LogP contribution in [0.15, 0.2) is 22.7 Å². The van der Waals surface area contributed by atoms with E-state index in [9.17, 15) is 4.39 Å². The first kappa shape index (κ1) is 12.7. The molecule has 1 aromatic carbocycles. The van der Waals surface area contributed by atoms with Crippen LogP contribution in [0.2, 0.25) is 0 Å². The molecule has 0 bridgehead atoms. The lowest BCUT2D eigenvalue weighted by molar-refractivity contribution is 0.488. The zero-order chi connectivity index (χ0) is 11.3. The lowest BCUT2D eigenvalue weighted by atomic mass is 10.0. The van der Waals surface area contributed by atoms with E-state index in [0.29, 0.717) is 0 Å². The summed E-state index contributed by atoms with van der Waals surface area (Å²) < 4.78 is 14.4. The van der Waals surface area contributed by atoms with Gasteiger partial charge in [0.2, 0.25) is 0 Å². The van der Waals surface area contributed by atoms with Crippen molar-refractivity contribution in [1.29, 1.82) is 0 Å². The van der Waals surface area contributed by atoms with Crippen molar-refractivity contribution in [2.24, 2.45) is 0 Å². The molecule has 15 heavy (non-hydrogen) atoms. The fourth-order valence-electron chi connectivity index (χ4n) is 1.58. The summed E-state index contributed by atoms with van der Waals surface area (Å²) in [6.07, 6.45) is 1.97. The molecule has 1 aromatic rings. The van der Waals surface area contributed by atoms with E-state index in [1.165, 1.54) is 6.07 Å². The second kappa shape index (κ2) is 6.23. The molecule has 0 aliphatic carbocycles. The van der Waals surface area contributed by atoms with Crippen molar-refractivity contribution >= 4 is 15.9 Å². The third kappa shape index (κ3) is 3.58. The summed E-state index contributed by atoms with van der Waals surface area (Å²) in [6.45, 7) is 5.10. The van der Waals surface area contributed by atoms with E-state index in [4.69, 9.17) is 0 Å². The Morgan fingerprint density at radius 1 is 1.40 bits per heavy atom. The van der Waals surface area contributed by atoms with Crippen molar-refractivity contribution < 1.29 is 4.39 Å². The summed E-state index contributed by atoms with van der Waals surface area (Å²) in [6, 6.07) is 5.37. The van der Waals surface area contributed by atoms with Gasteiger partial charge in [-0.05, 0) is 31.5 Å². The summed E-state index contributed by atoms with van der Waals surface area (Å²) >= 11 is 3.26. The van der Waals surface area contributed by atoms with Crippen LogP contribution in [-0.4, -0.2) is 6.54 Å². The molecule has 0 aliphatic rings. The standard InChI is InChI=1S/C12H17BrFN/c1-3-7-15-12(4-2)10-6-5-9(13)8-11(10)14/h5-6,8,12,15H,3-4,7H2,1-2H3. The molecule has 1 unspecified atom stereocenters. The number of benzene rings is 1. The Morgan fingerprint density at radius 3 is 2.67 bits per heavy atom. The molecule has 0 saturated carbocycles. The van der Waals surface area contributed by atoms with Crippen LogP contribution in [0.5, 0.6) is 0 Å². The van der Waals surface area contributed by atoms with E-state index in [1.807, 2.05) is 12.1 Å². The van der Waals surface area contributed by atoms with Gasteiger partial charge in [0, 0.05) is 16.1 Å². The molecule has 0 aromatic heterocycles. The Balaban J connectivity index is 2.81. The predicted octanol–water partition coefficient (Wildman–Crippen LogP) is 4.04. The smallest absolute Gasteiger partial charge is 0.129 e. The summed E-state index contributed by atoms with van der Waals surface area (Å²) in [7, 11) is 0. The maximum absolute atomic E-state index is 13.6. The average molecular weight is 274 g/mol. The Hall–Kier alpha value is -0.410. The van der Waals surface area contributed by atoms with Crippen molar-refractivity contribution in [3.05, 3.63) is 34.1 Å². The van der Waals surface area contributed by atoms with E-state index in [2.05, 4.69) is 35.1 Å². The van der Waals surface area contributed by atoms with Gasteiger partial charge in [-0.2, -0.15) is 0 Å². The summed E-state index contributed by atoms with van der Waals surface area (Å²) in [4.78, 5) is 0. The fourth-order valence-corrected chi connectivity index (χ4v) is 1.91. The molecule has 0 aliphatic heterocycles. The zero-order valence-corrected chi connectivity index (χ0v) is 10.8. The predicted molar refractivity (Wildman–Crippen MR) is 65.4 cm³/mol. The molecule has 0 saturated heterocycles. The molecular weight excluding hydrogens is 257 g/mol. The SMILES string of the molecule is CCCNC(CC)c1ccc(Br)cc1F. The minimum absolute atomic E-state index is 0.123. The Morgan fingerprint density at radius 2 is 2.13 bits per heavy atom. The quantitative estimate of drug-likeness (QED) is 0.854. The number of hydrogen-bond acceptors (Lipinski definition) is 1. The second-order valence-corrected chi connectivity index (χ2v) is 4.50. The Labute approximate surface area is 99.2 Å². The Bertz CT molecular complexity index is 314. The van der Waals surface area contributed by atoms with Gasteiger partial charge in [-0.25, -0.2) is 4.39 Å². The topological polar surface area (TPSA) is 12.0 Å². The van der Waals surface area contributed by atoms with Crippen LogP contribution in [0, 0.1) is 5.82 Å². The first-order valence-electron chi connectivity index (χ1n) is 5.37. The summed E-state index contributed by atoms with van der Waals surface area (Å²) in [5.41, 5.74) is 0.758. The zero-order valence-electron chi connectivity index (χ0n) is 9.19. The lowest BCUT2D eigenvalue weighted by Crippen LogP contribution is -2.22. The molecule has 1 atom stereocenters. The van der Waals surface area contributed by atoms with E-state index in [-0.39, 0.29) is 11.9 Å². The normalized spacial score (nSPS) is 12.8. The first-order chi connectivity index (χ1) is 7.19. The van der Waals surface area contributed by atoms with Gasteiger partial charge in [-0.1, -0.05) is 35.8 Å². The molecular formula is C12H17BrFN. The summed E-state index contributed by atoms with van der Waals surface area (Å²) in [5, 5.41) is 3.34. The van der Waals surface area contributed by atoms with Gasteiger partial charge >= 0.3 is 0 Å². The minimum atomic E-state index is -0.139. The molecule has 1 rings (SSSR count). The van der Waals surface area contributed by atoms with Crippen molar-refractivity contribution in [2.45, 2.75) is 32.7 Å². The second-order valence-electron chi connectivity index (χ2n) is 3.58. The van der Waals surface area contributed by atoms with Crippen molar-refractivity contribution in [1.82, 2.24) is 5.32 Å². The van der Waals surface area contributed by atoms with E-state index in [1.54, 1.807) is 0 Å². The van der Waals surface area contributed by atoms with Crippen molar-refractivity contribution in [3.8, 4) is 0 Å². The number of halogens is 2. The van der Waals surface area contributed by atoms with Crippen LogP contribution in [0.1, 0.15) is 38.3 Å². The van der Waals surface area contributed by atoms with E-state index >= 15 is 0 Å². The van der Waals surface area contributed by atoms with Gasteiger partial charge in [-0.15, -0.1) is 0 Å². The number of hydrogen-bond donors (Lipinski definition) is 1. The molecule has 0 spiro atoms. The highest BCUT2D eigenvalue weighted by molar-refractivity contribution is 9.10. The molecule has 3 heteroatoms. The van der Waals surface area contributed by atoms with Gasteiger partial charge in [0.1, 0.15) is 5.82 Å². The number of rotatable bonds is 5. The molecule has 0 amide bonds. The average Bonchev–Trinajstić information content (AvgIpc) is 2.21. The third-order valence-electron chi connectivity index (χ3n) is 2.39. The summed E-state index contributed by atoms with van der Waals surface area (Å²) in [5.74, 6) is -0.139. The largest absolute Gasteiger partial charge is 0.310 e. The van der Waals surface area contributed by atoms with Crippen molar-refractivity contribution in [2.75, 3.05) is 6.54 Å². The molecule has 1 nitrogen and oxygen atoms in total. The maximum Gasteiger partial charge on any atom is 0.129 e. The number of nitrogens with one attached hydrogen (secondary N) is 1. The molecule has 1 N–H and O–H groups in total. The van der Waals surface area contributed by atoms with Gasteiger partial charge in [0.25, 0.3) is 0 Å². The van der Waals surface area contributed by atoms with Crippen LogP contribution < -0.4 is 5.32 Å². The first-order valence-corrected chi connectivity index (χ1v) is 6.16. The van der Waals surface area contributed by atoms with Gasteiger partial charge < -0.3 is 5.32 Å². The van der Waals surface area contributed by atoms with Gasteiger partial charge in [0.15, 0.2) is 0 Å². The lowest BCUT2D eigenvalue weighted by Gasteiger charge is -2.17. The maximum atomic E-state index is 13.6. The van der Waals surface area contributed by atoms with E-state index < -0.39 is 0 Å². The van der Waals surface area contributed by atoms with Crippen LogP contribution in [0.25, 0.3) is 0 Å². The highest BCUT2D eigenvalue weighted by Gasteiger charge is 2.12. The van der Waals surface area contributed by atoms with E-state index in [0.717, 1.165) is 29.4 Å². The van der Waals surface area contributed by atoms with Crippen LogP contribution in [0.4, 0.5) is 4.39 Å². The van der Waals surface area contributed by atoms with Crippen LogP contribution >= 0.6 is 15.9 Å². The van der Waals surface area contributed by atoms with Crippen LogP contribution in [0.3, 0.4) is 0 Å². The molecule has 0 heterocycles. The molecule has 84 valence electrons. The van der Waals surface area contributed by atoms with Gasteiger partial charge in [0.05, 0.1) is 0 Å². The fraction of sp³-hybridized carbons (Fsp3) is 0.500. The molecule has 0 radical (unpaired) electrons. The third-order valence-corrected chi connectivity index (χ3v) is 2.88. The highest BCUT2D eigenvalue weighted by Crippen LogP contribution is 2.23. The van der Waals surface area contributed by atoms with Gasteiger partial charge in [-0.3, -0.25) is 0 Å². The highest BCUT2D eigenvalue weighted by atomic mass is 79.9. The van der Waals surface area contributed by atoms with Crippen molar-refractivity contribution in [3.63, 3.8) is 0 Å². The Kier molecular flexibility index (Phi) is 5.26. The van der Waals surface area contributed by atoms with Crippen LogP contribution in [-0.2, 0) is 0 Å².